The van der Waals surface area contributed by atoms with Crippen LogP contribution in [0, 0.1) is 11.7 Å². The van der Waals surface area contributed by atoms with Gasteiger partial charge in [-0.3, -0.25) is 9.59 Å². The van der Waals surface area contributed by atoms with Gasteiger partial charge in [-0.2, -0.15) is 0 Å². The third-order valence-corrected chi connectivity index (χ3v) is 5.92. The molecule has 13 heteroatoms. The third kappa shape index (κ3) is 8.89. The molecule has 2 amide bonds. The average Bonchev–Trinajstić information content (AvgIpc) is 2.98. The molecule has 0 aliphatic carbocycles. The zero-order valence-electron chi connectivity index (χ0n) is 17.0. The molecule has 0 saturated carbocycles. The number of nitrogens with zero attached hydrogens (tertiary/aromatic N) is 1. The fourth-order valence-electron chi connectivity index (χ4n) is 2.17. The molecular weight excluding hydrogens is 515 g/mol. The molecule has 170 valence electrons. The van der Waals surface area contributed by atoms with Crippen LogP contribution < -0.4 is 20.1 Å². The van der Waals surface area contributed by atoms with Gasteiger partial charge in [-0.15, -0.1) is 0 Å². The van der Waals surface area contributed by atoms with Gasteiger partial charge in [0, 0.05) is 6.07 Å². The van der Waals surface area contributed by atoms with E-state index in [1.165, 1.54) is 12.1 Å². The second-order valence-electron chi connectivity index (χ2n) is 6.95. The molecule has 1 heterocycles. The van der Waals surface area contributed by atoms with E-state index < -0.39 is 34.1 Å². The van der Waals surface area contributed by atoms with Gasteiger partial charge in [0.25, 0.3) is 0 Å². The first-order chi connectivity index (χ1) is 14.4. The molecule has 2 rings (SSSR count). The zero-order valence-corrected chi connectivity index (χ0v) is 20.2. The van der Waals surface area contributed by atoms with E-state index in [1.807, 2.05) is 13.8 Å². The average molecular weight is 537 g/mol. The monoisotopic (exact) mass is 536 g/mol. The number of hydrogen-bond acceptors (Lipinski definition) is 7. The van der Waals surface area contributed by atoms with E-state index in [0.29, 0.717) is 16.1 Å². The normalized spacial score (nSPS) is 11.4. The smallest absolute Gasteiger partial charge is 0.235 e. The van der Waals surface area contributed by atoms with Crippen molar-refractivity contribution in [2.45, 2.75) is 26.8 Å². The molecule has 0 radical (unpaired) electrons. The van der Waals surface area contributed by atoms with Crippen LogP contribution >= 0.6 is 27.3 Å². The molecule has 0 saturated heterocycles. The van der Waals surface area contributed by atoms with Gasteiger partial charge in [-0.05, 0) is 34.0 Å². The first kappa shape index (κ1) is 25.2. The second-order valence-corrected chi connectivity index (χ2v) is 11.1. The number of carbonyl (C=O) groups excluding carboxylic acids is 2. The summed E-state index contributed by atoms with van der Waals surface area (Å²) in [5.41, 5.74) is 0.652. The minimum Gasteiger partial charge on any atom is -0.491 e. The van der Waals surface area contributed by atoms with Gasteiger partial charge in [0.1, 0.15) is 18.0 Å². The summed E-state index contributed by atoms with van der Waals surface area (Å²) in [5, 5.41) is 5.23. The Morgan fingerprint density at radius 3 is 2.58 bits per heavy atom. The lowest BCUT2D eigenvalue weighted by atomic mass is 10.2. The fourth-order valence-corrected chi connectivity index (χ4v) is 3.99. The molecule has 0 atom stereocenters. The van der Waals surface area contributed by atoms with Gasteiger partial charge in [0.05, 0.1) is 34.6 Å². The topological polar surface area (TPSA) is 126 Å². The van der Waals surface area contributed by atoms with Crippen molar-refractivity contribution < 1.29 is 27.1 Å². The molecule has 0 unspecified atom stereocenters. The quantitative estimate of drug-likeness (QED) is 0.400. The summed E-state index contributed by atoms with van der Waals surface area (Å²) in [4.78, 5) is 28.6. The standard InChI is InChI=1S/C18H22BrFN4O5S2/c1-10(2)9-29-14-6-11(20)4-5-12(14)22-15(25)7-16(26)24-18-23-13(17(19)30-18)8-21-31(3,27)28/h4-6,10,21H,7-9H2,1-3H3,(H,22,25)(H,23,24,26). The number of ether oxygens (including phenoxy) is 1. The Hall–Kier alpha value is -2.09. The highest BCUT2D eigenvalue weighted by Gasteiger charge is 2.17. The SMILES string of the molecule is CC(C)COc1cc(F)ccc1NC(=O)CC(=O)Nc1nc(CNS(C)(=O)=O)c(Br)s1. The third-order valence-electron chi connectivity index (χ3n) is 3.51. The van der Waals surface area contributed by atoms with Crippen LogP contribution in [0.2, 0.25) is 0 Å². The summed E-state index contributed by atoms with van der Waals surface area (Å²) < 4.78 is 44.3. The number of sulfonamides is 1. The first-order valence-corrected chi connectivity index (χ1v) is 12.5. The number of thiazole rings is 1. The fraction of sp³-hybridized carbons (Fsp3) is 0.389. The lowest BCUT2D eigenvalue weighted by Crippen LogP contribution is -2.22. The summed E-state index contributed by atoms with van der Waals surface area (Å²) in [5.74, 6) is -1.37. The van der Waals surface area contributed by atoms with Crippen molar-refractivity contribution in [3.05, 3.63) is 33.5 Å². The van der Waals surface area contributed by atoms with Crippen LogP contribution in [0.15, 0.2) is 22.0 Å². The number of nitrogens with one attached hydrogen (secondary N) is 3. The molecule has 0 bridgehead atoms. The predicted molar refractivity (Wildman–Crippen MR) is 120 cm³/mol. The Kier molecular flexibility index (Phi) is 8.91. The number of hydrogen-bond donors (Lipinski definition) is 3. The van der Waals surface area contributed by atoms with E-state index in [1.54, 1.807) is 0 Å². The summed E-state index contributed by atoms with van der Waals surface area (Å²) in [7, 11) is -3.39. The lowest BCUT2D eigenvalue weighted by molar-refractivity contribution is -0.123. The van der Waals surface area contributed by atoms with Crippen LogP contribution in [0.25, 0.3) is 0 Å². The Morgan fingerprint density at radius 2 is 1.94 bits per heavy atom. The molecule has 31 heavy (non-hydrogen) atoms. The molecule has 1 aromatic carbocycles. The number of aromatic nitrogens is 1. The van der Waals surface area contributed by atoms with E-state index in [4.69, 9.17) is 4.74 Å². The molecular formula is C18H22BrFN4O5S2. The summed E-state index contributed by atoms with van der Waals surface area (Å²) in [6.07, 6.45) is 0.518. The summed E-state index contributed by atoms with van der Waals surface area (Å²) in [6, 6.07) is 3.70. The second kappa shape index (κ2) is 11.0. The van der Waals surface area contributed by atoms with Crippen molar-refractivity contribution in [1.29, 1.82) is 0 Å². The molecule has 0 fully saturated rings. The van der Waals surface area contributed by atoms with Crippen LogP contribution in [-0.4, -0.2) is 38.1 Å². The van der Waals surface area contributed by atoms with E-state index in [-0.39, 0.29) is 29.0 Å². The van der Waals surface area contributed by atoms with Gasteiger partial charge >= 0.3 is 0 Å². The molecule has 9 nitrogen and oxygen atoms in total. The van der Waals surface area contributed by atoms with Crippen molar-refractivity contribution >= 4 is 59.9 Å². The van der Waals surface area contributed by atoms with Crippen molar-refractivity contribution in [3.8, 4) is 5.75 Å². The van der Waals surface area contributed by atoms with Gasteiger partial charge in [-0.25, -0.2) is 22.5 Å². The first-order valence-electron chi connectivity index (χ1n) is 9.05. The number of carbonyl (C=O) groups is 2. The minimum atomic E-state index is -3.39. The van der Waals surface area contributed by atoms with Gasteiger partial charge in [0.15, 0.2) is 5.13 Å². The highest BCUT2D eigenvalue weighted by atomic mass is 79.9. The van der Waals surface area contributed by atoms with E-state index in [2.05, 4.69) is 36.3 Å². The maximum Gasteiger partial charge on any atom is 0.235 e. The van der Waals surface area contributed by atoms with E-state index in [0.717, 1.165) is 23.7 Å². The van der Waals surface area contributed by atoms with Crippen LogP contribution in [0.4, 0.5) is 15.2 Å². The number of benzene rings is 1. The highest BCUT2D eigenvalue weighted by molar-refractivity contribution is 9.11. The molecule has 1 aromatic heterocycles. The molecule has 3 N–H and O–H groups in total. The Bertz CT molecular complexity index is 1060. The predicted octanol–water partition coefficient (Wildman–Crippen LogP) is 3.10. The van der Waals surface area contributed by atoms with E-state index in [9.17, 15) is 22.4 Å². The molecule has 0 aliphatic heterocycles. The Morgan fingerprint density at radius 1 is 1.26 bits per heavy atom. The Labute approximate surface area is 192 Å². The van der Waals surface area contributed by atoms with Gasteiger partial charge < -0.3 is 15.4 Å². The number of amides is 2. The zero-order chi connectivity index (χ0) is 23.2. The van der Waals surface area contributed by atoms with Crippen molar-refractivity contribution in [3.63, 3.8) is 0 Å². The largest absolute Gasteiger partial charge is 0.491 e. The molecule has 0 spiro atoms. The lowest BCUT2D eigenvalue weighted by Gasteiger charge is -2.14. The maximum atomic E-state index is 13.5. The number of rotatable bonds is 10. The van der Waals surface area contributed by atoms with Crippen LogP contribution in [-0.2, 0) is 26.2 Å². The summed E-state index contributed by atoms with van der Waals surface area (Å²) in [6.45, 7) is 4.15. The van der Waals surface area contributed by atoms with E-state index >= 15 is 0 Å². The van der Waals surface area contributed by atoms with Crippen LogP contribution in [0.5, 0.6) is 5.75 Å². The number of halogens is 2. The van der Waals surface area contributed by atoms with Crippen molar-refractivity contribution in [2.24, 2.45) is 5.92 Å². The summed E-state index contributed by atoms with van der Waals surface area (Å²) >= 11 is 4.34. The van der Waals surface area contributed by atoms with Crippen molar-refractivity contribution in [1.82, 2.24) is 9.71 Å². The van der Waals surface area contributed by atoms with Gasteiger partial charge in [-0.1, -0.05) is 25.2 Å². The minimum absolute atomic E-state index is 0.0456. The molecule has 2 aromatic rings. The van der Waals surface area contributed by atoms with Crippen molar-refractivity contribution in [2.75, 3.05) is 23.5 Å². The molecule has 0 aliphatic rings. The highest BCUT2D eigenvalue weighted by Crippen LogP contribution is 2.29. The van der Waals surface area contributed by atoms with Gasteiger partial charge in [0.2, 0.25) is 21.8 Å². The van der Waals surface area contributed by atoms with Crippen LogP contribution in [0.1, 0.15) is 26.0 Å². The maximum absolute atomic E-state index is 13.5. The number of anilines is 2. The van der Waals surface area contributed by atoms with Crippen LogP contribution in [0.3, 0.4) is 0 Å². The Balaban J connectivity index is 1.96.